The van der Waals surface area contributed by atoms with Crippen LogP contribution in [0.2, 0.25) is 0 Å². The molecule has 264 valence electrons. The van der Waals surface area contributed by atoms with E-state index in [4.69, 9.17) is 4.74 Å². The first-order valence-corrected chi connectivity index (χ1v) is 17.1. The minimum atomic E-state index is -1.26. The molecule has 0 aromatic heterocycles. The Morgan fingerprint density at radius 1 is 0.980 bits per heavy atom. The van der Waals surface area contributed by atoms with Gasteiger partial charge in [0, 0.05) is 36.8 Å². The van der Waals surface area contributed by atoms with Crippen LogP contribution in [0.5, 0.6) is 11.5 Å². The minimum absolute atomic E-state index is 0.0455. The topological polar surface area (TPSA) is 157 Å². The Morgan fingerprint density at radius 3 is 2.37 bits per heavy atom. The number of hydrogen-bond acceptors (Lipinski definition) is 8. The fraction of sp³-hybridized carbons (Fsp3) is 0.474. The number of amides is 3. The second kappa shape index (κ2) is 17.3. The summed E-state index contributed by atoms with van der Waals surface area (Å²) >= 11 is 0. The van der Waals surface area contributed by atoms with Gasteiger partial charge in [-0.3, -0.25) is 19.2 Å². The molecule has 2 aromatic carbocycles. The highest BCUT2D eigenvalue weighted by atomic mass is 16.5. The Bertz CT molecular complexity index is 1550. The number of ether oxygens (including phenoxy) is 1. The van der Waals surface area contributed by atoms with E-state index in [1.54, 1.807) is 36.4 Å². The van der Waals surface area contributed by atoms with Crippen LogP contribution in [0.3, 0.4) is 0 Å². The number of Topliss-reactive ketones (excluding diaryl/α,β-unsaturated/α-hetero) is 1. The number of aliphatic hydroxyl groups excluding tert-OH is 1. The third kappa shape index (κ3) is 10.0. The van der Waals surface area contributed by atoms with Crippen molar-refractivity contribution in [2.45, 2.75) is 90.1 Å². The zero-order valence-corrected chi connectivity index (χ0v) is 29.1. The minimum Gasteiger partial charge on any atom is -0.508 e. The summed E-state index contributed by atoms with van der Waals surface area (Å²) in [6.45, 7) is 7.62. The molecule has 0 spiro atoms. The number of ketones is 1. The fourth-order valence-corrected chi connectivity index (χ4v) is 6.27. The van der Waals surface area contributed by atoms with Crippen LogP contribution in [-0.4, -0.2) is 89.1 Å². The summed E-state index contributed by atoms with van der Waals surface area (Å²) in [6.07, 6.45) is 4.70. The molecule has 2 aromatic rings. The highest BCUT2D eigenvalue weighted by Gasteiger charge is 2.37. The lowest BCUT2D eigenvalue weighted by Crippen LogP contribution is -2.60. The van der Waals surface area contributed by atoms with Crippen molar-refractivity contribution in [3.05, 3.63) is 83.0 Å². The molecule has 1 unspecified atom stereocenters. The lowest BCUT2D eigenvalue weighted by Gasteiger charge is -2.34. The van der Waals surface area contributed by atoms with Gasteiger partial charge < -0.3 is 35.8 Å². The Balaban J connectivity index is 1.62. The first-order chi connectivity index (χ1) is 23.3. The van der Waals surface area contributed by atoms with Crippen molar-refractivity contribution in [2.75, 3.05) is 20.2 Å². The summed E-state index contributed by atoms with van der Waals surface area (Å²) in [5.74, 6) is -1.05. The third-order valence-electron chi connectivity index (χ3n) is 9.10. The molecule has 1 aliphatic carbocycles. The number of aliphatic hydroxyl groups is 1. The van der Waals surface area contributed by atoms with E-state index in [-0.39, 0.29) is 42.4 Å². The number of rotatable bonds is 6. The average Bonchev–Trinajstić information content (AvgIpc) is 3.07. The summed E-state index contributed by atoms with van der Waals surface area (Å²) in [5.41, 5.74) is 3.02. The quantitative estimate of drug-likeness (QED) is 0.292. The molecule has 0 bridgehead atoms. The zero-order valence-electron chi connectivity index (χ0n) is 29.1. The molecule has 0 saturated carbocycles. The first kappa shape index (κ1) is 37.3. The van der Waals surface area contributed by atoms with E-state index in [0.29, 0.717) is 49.1 Å². The maximum Gasteiger partial charge on any atom is 0.246 e. The molecule has 49 heavy (non-hydrogen) atoms. The molecule has 0 saturated heterocycles. The number of carbonyl (C=O) groups is 4. The van der Waals surface area contributed by atoms with Crippen LogP contribution in [0.1, 0.15) is 69.3 Å². The summed E-state index contributed by atoms with van der Waals surface area (Å²) in [5, 5.41) is 30.0. The average molecular weight is 675 g/mol. The van der Waals surface area contributed by atoms with Crippen LogP contribution in [0.25, 0.3) is 0 Å². The van der Waals surface area contributed by atoms with Crippen LogP contribution in [0.15, 0.2) is 71.8 Å². The molecule has 1 heterocycles. The van der Waals surface area contributed by atoms with Gasteiger partial charge in [0.1, 0.15) is 30.2 Å². The number of aromatic hydroxyl groups is 1. The number of likely N-dealkylation sites (N-methyl/N-ethyl adjacent to an activating group) is 1. The largest absolute Gasteiger partial charge is 0.508 e. The van der Waals surface area contributed by atoms with Crippen molar-refractivity contribution in [3.8, 4) is 11.5 Å². The number of benzene rings is 2. The number of nitrogens with zero attached hydrogens (tertiary/aromatic N) is 1. The number of carbonyl (C=O) groups excluding carboxylic acids is 4. The maximum atomic E-state index is 13.8. The van der Waals surface area contributed by atoms with Gasteiger partial charge in [-0.1, -0.05) is 68.0 Å². The fourth-order valence-electron chi connectivity index (χ4n) is 6.27. The number of phenols is 1. The smallest absolute Gasteiger partial charge is 0.246 e. The molecule has 5 N–H and O–H groups in total. The van der Waals surface area contributed by atoms with E-state index >= 15 is 0 Å². The van der Waals surface area contributed by atoms with E-state index in [1.807, 2.05) is 45.0 Å². The number of allylic oxidation sites excluding steroid dienone is 3. The Hall–Kier alpha value is -4.48. The van der Waals surface area contributed by atoms with Crippen molar-refractivity contribution < 1.29 is 34.1 Å². The molecule has 1 aliphatic heterocycles. The van der Waals surface area contributed by atoms with Gasteiger partial charge in [-0.25, -0.2) is 0 Å². The summed E-state index contributed by atoms with van der Waals surface area (Å²) < 4.78 is 6.01. The summed E-state index contributed by atoms with van der Waals surface area (Å²) in [7, 11) is 1.47. The molecule has 0 radical (unpaired) electrons. The van der Waals surface area contributed by atoms with Gasteiger partial charge in [0.05, 0.1) is 12.1 Å². The van der Waals surface area contributed by atoms with Gasteiger partial charge in [-0.05, 0) is 63.5 Å². The van der Waals surface area contributed by atoms with E-state index in [0.717, 1.165) is 11.1 Å². The van der Waals surface area contributed by atoms with Crippen molar-refractivity contribution in [1.29, 1.82) is 0 Å². The van der Waals surface area contributed by atoms with E-state index in [1.165, 1.54) is 18.9 Å². The number of aryl methyl sites for hydroxylation is 1. The van der Waals surface area contributed by atoms with E-state index in [2.05, 4.69) is 16.0 Å². The maximum absolute atomic E-state index is 13.8. The van der Waals surface area contributed by atoms with Crippen molar-refractivity contribution >= 4 is 23.5 Å². The number of phenolic OH excluding ortho intramolecular Hbond substituents is 1. The normalized spacial score (nSPS) is 23.9. The van der Waals surface area contributed by atoms with Crippen LogP contribution < -0.4 is 20.7 Å². The van der Waals surface area contributed by atoms with Crippen molar-refractivity contribution in [1.82, 2.24) is 20.9 Å². The molecule has 0 fully saturated rings. The Morgan fingerprint density at radius 2 is 1.71 bits per heavy atom. The van der Waals surface area contributed by atoms with Gasteiger partial charge in [0.25, 0.3) is 0 Å². The van der Waals surface area contributed by atoms with Crippen LogP contribution in [0.4, 0.5) is 0 Å². The third-order valence-corrected chi connectivity index (χ3v) is 9.10. The summed E-state index contributed by atoms with van der Waals surface area (Å²) in [4.78, 5) is 55.6. The second-order valence-electron chi connectivity index (χ2n) is 13.4. The highest BCUT2D eigenvalue weighted by Crippen LogP contribution is 2.27. The second-order valence-corrected chi connectivity index (χ2v) is 13.4. The molecular formula is C38H50N4O7. The van der Waals surface area contributed by atoms with Gasteiger partial charge >= 0.3 is 0 Å². The van der Waals surface area contributed by atoms with E-state index in [9.17, 15) is 29.4 Å². The number of fused-ring (bicyclic) bond motifs is 1. The zero-order chi connectivity index (χ0) is 35.7. The molecule has 3 amide bonds. The molecule has 2 aliphatic rings. The lowest BCUT2D eigenvalue weighted by atomic mass is 9.89. The van der Waals surface area contributed by atoms with Crippen LogP contribution >= 0.6 is 0 Å². The SMILES string of the molecule is CC(C)[C@@H]1NCCOc2cc(O)ccc2CC[C@@H](C)NC(=O)[C@@H](CC2=CC=C(C(=O)c3ccccc3)CC2)NC(=O)[C@H](C(C)O)N(C)C1=O. The molecule has 4 rings (SSSR count). The van der Waals surface area contributed by atoms with Gasteiger partial charge in [-0.15, -0.1) is 0 Å². The van der Waals surface area contributed by atoms with Gasteiger partial charge in [0.2, 0.25) is 17.7 Å². The Kier molecular flexibility index (Phi) is 13.2. The molecule has 11 heteroatoms. The standard InChI is InChI=1S/C38H50N4O7/c1-23(2)33-38(48)42(5)34(25(4)43)37(47)41-31(21-26-12-15-29(16-13-26)35(45)28-9-7-6-8-10-28)36(46)40-24(3)11-14-27-17-18-30(44)22-32(27)49-20-19-39-33/h6-10,12,15,17-18,22-25,31,33-34,39,43-44H,11,13-14,16,19-21H2,1-5H3,(H,40,46)(H,41,47)/t24-,25?,31-,33+,34+/m1/s1. The van der Waals surface area contributed by atoms with Crippen LogP contribution in [-0.2, 0) is 20.8 Å². The summed E-state index contributed by atoms with van der Waals surface area (Å²) in [6, 6.07) is 10.8. The highest BCUT2D eigenvalue weighted by molar-refractivity contribution is 6.09. The van der Waals surface area contributed by atoms with Crippen LogP contribution in [0, 0.1) is 5.92 Å². The monoisotopic (exact) mass is 674 g/mol. The number of nitrogens with one attached hydrogen (secondary N) is 3. The Labute approximate surface area is 288 Å². The van der Waals surface area contributed by atoms with Gasteiger partial charge in [0.15, 0.2) is 5.78 Å². The lowest BCUT2D eigenvalue weighted by molar-refractivity contribution is -0.145. The predicted molar refractivity (Wildman–Crippen MR) is 187 cm³/mol. The van der Waals surface area contributed by atoms with E-state index < -0.39 is 36.0 Å². The van der Waals surface area contributed by atoms with Gasteiger partial charge in [-0.2, -0.15) is 0 Å². The van der Waals surface area contributed by atoms with Crippen molar-refractivity contribution in [2.24, 2.45) is 5.92 Å². The molecule has 5 atom stereocenters. The molecule has 11 nitrogen and oxygen atoms in total. The first-order valence-electron chi connectivity index (χ1n) is 17.1. The predicted octanol–water partition coefficient (Wildman–Crippen LogP) is 3.45. The molecular weight excluding hydrogens is 624 g/mol. The number of hydrogen-bond donors (Lipinski definition) is 5. The van der Waals surface area contributed by atoms with Crippen molar-refractivity contribution in [3.63, 3.8) is 0 Å².